The minimum Gasteiger partial charge on any atom is -0.493 e. The summed E-state index contributed by atoms with van der Waals surface area (Å²) in [5, 5.41) is 10.7. The summed E-state index contributed by atoms with van der Waals surface area (Å²) < 4.78 is 10.7. The van der Waals surface area contributed by atoms with Crippen molar-refractivity contribution in [2.24, 2.45) is 4.99 Å². The van der Waals surface area contributed by atoms with Crippen LogP contribution >= 0.6 is 11.6 Å². The first-order valence-electron chi connectivity index (χ1n) is 10.5. The van der Waals surface area contributed by atoms with Crippen molar-refractivity contribution in [2.75, 3.05) is 19.5 Å². The third-order valence-electron chi connectivity index (χ3n) is 5.64. The number of aromatic amines is 2. The highest BCUT2D eigenvalue weighted by atomic mass is 35.5. The summed E-state index contributed by atoms with van der Waals surface area (Å²) in [6, 6.07) is 11.0. The molecule has 172 valence electrons. The van der Waals surface area contributed by atoms with Gasteiger partial charge in [0.25, 0.3) is 5.91 Å². The van der Waals surface area contributed by atoms with E-state index in [-0.39, 0.29) is 5.91 Å². The second-order valence-corrected chi connectivity index (χ2v) is 8.15. The first-order chi connectivity index (χ1) is 16.5. The van der Waals surface area contributed by atoms with E-state index in [9.17, 15) is 4.79 Å². The van der Waals surface area contributed by atoms with Crippen molar-refractivity contribution in [2.45, 2.75) is 13.3 Å². The van der Waals surface area contributed by atoms with E-state index in [2.05, 4.69) is 30.5 Å². The lowest BCUT2D eigenvalue weighted by molar-refractivity contribution is -0.112. The van der Waals surface area contributed by atoms with Gasteiger partial charge in [0.1, 0.15) is 0 Å². The summed E-state index contributed by atoms with van der Waals surface area (Å²) in [6.45, 7) is 1.83. The van der Waals surface area contributed by atoms with Crippen LogP contribution in [0.25, 0.3) is 22.6 Å². The molecule has 2 aromatic heterocycles. The van der Waals surface area contributed by atoms with Gasteiger partial charge in [-0.15, -0.1) is 0 Å². The van der Waals surface area contributed by atoms with Crippen molar-refractivity contribution in [1.29, 1.82) is 0 Å². The topological polar surface area (TPSA) is 117 Å². The average molecular weight is 477 g/mol. The van der Waals surface area contributed by atoms with Crippen LogP contribution in [0, 0.1) is 0 Å². The summed E-state index contributed by atoms with van der Waals surface area (Å²) in [4.78, 5) is 25.5. The summed E-state index contributed by atoms with van der Waals surface area (Å²) in [5.74, 6) is 1.41. The molecule has 0 aliphatic carbocycles. The molecule has 5 rings (SSSR count). The van der Waals surface area contributed by atoms with Gasteiger partial charge in [0.15, 0.2) is 23.0 Å². The number of allylic oxidation sites excluding steroid dienone is 1. The normalized spacial score (nSPS) is 13.4. The molecule has 4 aromatic rings. The highest BCUT2D eigenvalue weighted by Gasteiger charge is 2.24. The van der Waals surface area contributed by atoms with Crippen LogP contribution in [-0.2, 0) is 4.79 Å². The van der Waals surface area contributed by atoms with E-state index in [1.165, 1.54) is 0 Å². The fraction of sp³-hybridized carbons (Fsp3) is 0.167. The number of H-pyrrole nitrogens is 2. The number of anilines is 1. The Morgan fingerprint density at radius 3 is 2.59 bits per heavy atom. The molecule has 0 saturated heterocycles. The molecule has 1 aliphatic heterocycles. The lowest BCUT2D eigenvalue weighted by Crippen LogP contribution is -2.16. The van der Waals surface area contributed by atoms with E-state index >= 15 is 0 Å². The molecule has 0 radical (unpaired) electrons. The van der Waals surface area contributed by atoms with Crippen molar-refractivity contribution in [3.8, 4) is 23.0 Å². The molecule has 1 aliphatic rings. The van der Waals surface area contributed by atoms with Crippen molar-refractivity contribution >= 4 is 39.9 Å². The number of fused-ring (bicyclic) bond motifs is 1. The number of carbonyl (C=O) groups excluding carboxylic acids is 1. The molecular weight excluding hydrogens is 456 g/mol. The number of aromatic nitrogens is 4. The van der Waals surface area contributed by atoms with Gasteiger partial charge in [-0.3, -0.25) is 14.9 Å². The van der Waals surface area contributed by atoms with Gasteiger partial charge in [0.05, 0.1) is 36.7 Å². The number of nitrogens with one attached hydrogen (secondary N) is 3. The van der Waals surface area contributed by atoms with Crippen LogP contribution in [-0.4, -0.2) is 46.0 Å². The Balaban J connectivity index is 1.37. The molecule has 2 aromatic carbocycles. The molecule has 9 nitrogen and oxygen atoms in total. The van der Waals surface area contributed by atoms with Gasteiger partial charge < -0.3 is 19.8 Å². The Morgan fingerprint density at radius 1 is 1.12 bits per heavy atom. The molecule has 0 spiro atoms. The molecule has 0 bridgehead atoms. The highest BCUT2D eigenvalue weighted by molar-refractivity contribution is 6.30. The van der Waals surface area contributed by atoms with Crippen LogP contribution in [0.2, 0.25) is 5.02 Å². The summed E-state index contributed by atoms with van der Waals surface area (Å²) in [7, 11) is 3.14. The molecule has 0 atom stereocenters. The predicted octanol–water partition coefficient (Wildman–Crippen LogP) is 4.73. The fourth-order valence-electron chi connectivity index (χ4n) is 3.87. The van der Waals surface area contributed by atoms with Crippen LogP contribution in [0.1, 0.15) is 18.9 Å². The third-order valence-corrected chi connectivity index (χ3v) is 5.89. The first kappa shape index (κ1) is 21.7. The molecule has 34 heavy (non-hydrogen) atoms. The van der Waals surface area contributed by atoms with Crippen molar-refractivity contribution in [3.63, 3.8) is 0 Å². The zero-order valence-electron chi connectivity index (χ0n) is 18.7. The Hall–Kier alpha value is -4.11. The van der Waals surface area contributed by atoms with E-state index in [0.717, 1.165) is 16.8 Å². The number of amides is 1. The van der Waals surface area contributed by atoms with Crippen molar-refractivity contribution in [1.82, 2.24) is 20.2 Å². The van der Waals surface area contributed by atoms with Gasteiger partial charge in [-0.1, -0.05) is 23.7 Å². The number of benzene rings is 2. The van der Waals surface area contributed by atoms with Crippen LogP contribution in [0.4, 0.5) is 5.69 Å². The maximum Gasteiger partial charge on any atom is 0.253 e. The first-order valence-corrected chi connectivity index (χ1v) is 10.8. The van der Waals surface area contributed by atoms with Crippen LogP contribution in [0.3, 0.4) is 0 Å². The molecule has 0 unspecified atom stereocenters. The molecule has 0 saturated carbocycles. The molecule has 10 heteroatoms. The number of nitrogens with zero attached hydrogens (tertiary/aromatic N) is 3. The lowest BCUT2D eigenvalue weighted by Gasteiger charge is -2.06. The Labute approximate surface area is 199 Å². The van der Waals surface area contributed by atoms with Gasteiger partial charge in [-0.05, 0) is 24.6 Å². The minimum atomic E-state index is -0.243. The SMILES string of the molecule is COc1cc2nc(-c3n[nH]cc3NC(=O)C3=C(C)N=C(c4ccc(Cl)cc4)C3)[nH]c2cc1OC. The number of halogens is 1. The van der Waals surface area contributed by atoms with E-state index in [4.69, 9.17) is 21.1 Å². The maximum absolute atomic E-state index is 13.1. The number of methoxy groups -OCH3 is 2. The number of hydrogen-bond donors (Lipinski definition) is 3. The smallest absolute Gasteiger partial charge is 0.253 e. The Bertz CT molecular complexity index is 1420. The van der Waals surface area contributed by atoms with E-state index in [1.54, 1.807) is 32.5 Å². The Kier molecular flexibility index (Phi) is 5.54. The molecule has 0 fully saturated rings. The second kappa shape index (κ2) is 8.68. The zero-order chi connectivity index (χ0) is 23.8. The van der Waals surface area contributed by atoms with Gasteiger partial charge in [0, 0.05) is 41.0 Å². The number of hydrogen-bond acceptors (Lipinski definition) is 6. The monoisotopic (exact) mass is 476 g/mol. The predicted molar refractivity (Wildman–Crippen MR) is 131 cm³/mol. The largest absolute Gasteiger partial charge is 0.493 e. The van der Waals surface area contributed by atoms with E-state index in [1.807, 2.05) is 31.2 Å². The minimum absolute atomic E-state index is 0.243. The molecule has 1 amide bonds. The highest BCUT2D eigenvalue weighted by Crippen LogP contribution is 2.34. The number of rotatable bonds is 6. The Morgan fingerprint density at radius 2 is 1.85 bits per heavy atom. The average Bonchev–Trinajstić information content (AvgIpc) is 3.56. The maximum atomic E-state index is 13.1. The van der Waals surface area contributed by atoms with Crippen molar-refractivity contribution in [3.05, 3.63) is 64.5 Å². The number of aliphatic imine (C=N–C) groups is 1. The molecule has 3 heterocycles. The van der Waals surface area contributed by atoms with Gasteiger partial charge >= 0.3 is 0 Å². The summed E-state index contributed by atoms with van der Waals surface area (Å²) >= 11 is 5.98. The van der Waals surface area contributed by atoms with Crippen molar-refractivity contribution < 1.29 is 14.3 Å². The quantitative estimate of drug-likeness (QED) is 0.372. The van der Waals surface area contributed by atoms with E-state index < -0.39 is 0 Å². The molecule has 3 N–H and O–H groups in total. The zero-order valence-corrected chi connectivity index (χ0v) is 19.4. The number of imidazole rings is 1. The van der Waals surface area contributed by atoms with Gasteiger partial charge in [0.2, 0.25) is 0 Å². The van der Waals surface area contributed by atoms with E-state index in [0.29, 0.717) is 56.9 Å². The summed E-state index contributed by atoms with van der Waals surface area (Å²) in [5.41, 5.74) is 5.45. The lowest BCUT2D eigenvalue weighted by atomic mass is 10.0. The standard InChI is InChI=1S/C24H21ClN6O3/c1-12-15(8-16(27-12)13-4-6-14(25)7-5-13)24(32)30-19-11-26-31-22(19)23-28-17-9-20(33-2)21(34-3)10-18(17)29-23/h4-7,9-11H,8H2,1-3H3,(H,26,31)(H,28,29)(H,30,32). The number of carbonyl (C=O) groups is 1. The summed E-state index contributed by atoms with van der Waals surface area (Å²) in [6.07, 6.45) is 2.05. The van der Waals surface area contributed by atoms with Gasteiger partial charge in [-0.25, -0.2) is 4.98 Å². The second-order valence-electron chi connectivity index (χ2n) is 7.72. The van der Waals surface area contributed by atoms with Crippen LogP contribution < -0.4 is 14.8 Å². The van der Waals surface area contributed by atoms with Crippen LogP contribution in [0.15, 0.2) is 58.9 Å². The fourth-order valence-corrected chi connectivity index (χ4v) is 4.00. The molecular formula is C24H21ClN6O3. The van der Waals surface area contributed by atoms with Crippen LogP contribution in [0.5, 0.6) is 11.5 Å². The number of ether oxygens (including phenoxy) is 2. The van der Waals surface area contributed by atoms with Gasteiger partial charge in [-0.2, -0.15) is 5.10 Å². The third kappa shape index (κ3) is 3.90.